The van der Waals surface area contributed by atoms with Gasteiger partial charge in [0.25, 0.3) is 5.91 Å². The van der Waals surface area contributed by atoms with Crippen molar-refractivity contribution in [2.45, 2.75) is 57.0 Å². The minimum Gasteiger partial charge on any atom is -0.339 e. The highest BCUT2D eigenvalue weighted by Gasteiger charge is 2.35. The number of anilines is 1. The van der Waals surface area contributed by atoms with Crippen molar-refractivity contribution in [1.29, 1.82) is 0 Å². The zero-order chi connectivity index (χ0) is 20.9. The number of amides is 2. The molecule has 0 bridgehead atoms. The number of nitrogens with one attached hydrogen (secondary N) is 1. The highest BCUT2D eigenvalue weighted by molar-refractivity contribution is 6.04. The second kappa shape index (κ2) is 9.39. The lowest BCUT2D eigenvalue weighted by Gasteiger charge is -2.44. The Labute approximate surface area is 177 Å². The molecule has 2 heterocycles. The average molecular weight is 407 g/mol. The van der Waals surface area contributed by atoms with E-state index in [1.807, 2.05) is 12.1 Å². The van der Waals surface area contributed by atoms with Crippen molar-refractivity contribution in [3.8, 4) is 0 Å². The SMILES string of the molecule is NC(CC(=O)N1CCCC2CCCCC21)c1ccc(C(=O)Nc2ccncc2)cc1. The minimum atomic E-state index is -0.362. The zero-order valence-electron chi connectivity index (χ0n) is 17.3. The molecule has 0 spiro atoms. The lowest BCUT2D eigenvalue weighted by Crippen LogP contribution is -2.50. The van der Waals surface area contributed by atoms with Crippen LogP contribution in [-0.2, 0) is 4.79 Å². The number of hydrogen-bond acceptors (Lipinski definition) is 4. The number of piperidine rings is 1. The predicted molar refractivity (Wildman–Crippen MR) is 117 cm³/mol. The number of hydrogen-bond donors (Lipinski definition) is 2. The summed E-state index contributed by atoms with van der Waals surface area (Å²) in [4.78, 5) is 31.4. The first-order valence-electron chi connectivity index (χ1n) is 11.0. The number of nitrogens with two attached hydrogens (primary N) is 1. The quantitative estimate of drug-likeness (QED) is 0.788. The number of pyridine rings is 1. The Kier molecular flexibility index (Phi) is 6.43. The first kappa shape index (κ1) is 20.5. The maximum atomic E-state index is 13.0. The molecule has 30 heavy (non-hydrogen) atoms. The molecule has 1 saturated carbocycles. The van der Waals surface area contributed by atoms with Crippen LogP contribution in [0.15, 0.2) is 48.8 Å². The fourth-order valence-electron chi connectivity index (χ4n) is 4.88. The van der Waals surface area contributed by atoms with Crippen LogP contribution in [0.1, 0.15) is 66.9 Å². The molecule has 2 fully saturated rings. The summed E-state index contributed by atoms with van der Waals surface area (Å²) in [6, 6.07) is 10.7. The Hall–Kier alpha value is -2.73. The lowest BCUT2D eigenvalue weighted by molar-refractivity contribution is -0.138. The van der Waals surface area contributed by atoms with E-state index in [9.17, 15) is 9.59 Å². The van der Waals surface area contributed by atoms with Crippen LogP contribution in [0.3, 0.4) is 0 Å². The summed E-state index contributed by atoms with van der Waals surface area (Å²) in [5.41, 5.74) is 8.49. The van der Waals surface area contributed by atoms with Crippen molar-refractivity contribution >= 4 is 17.5 Å². The summed E-state index contributed by atoms with van der Waals surface area (Å²) in [7, 11) is 0. The van der Waals surface area contributed by atoms with Gasteiger partial charge in [-0.05, 0) is 61.4 Å². The van der Waals surface area contributed by atoms with E-state index in [-0.39, 0.29) is 17.9 Å². The van der Waals surface area contributed by atoms with Gasteiger partial charge >= 0.3 is 0 Å². The Morgan fingerprint density at radius 1 is 1.03 bits per heavy atom. The van der Waals surface area contributed by atoms with Gasteiger partial charge in [-0.3, -0.25) is 14.6 Å². The summed E-state index contributed by atoms with van der Waals surface area (Å²) >= 11 is 0. The van der Waals surface area contributed by atoms with Crippen molar-refractivity contribution < 1.29 is 9.59 Å². The van der Waals surface area contributed by atoms with Gasteiger partial charge in [0.05, 0.1) is 0 Å². The molecule has 1 aliphatic heterocycles. The van der Waals surface area contributed by atoms with Gasteiger partial charge in [0.2, 0.25) is 5.91 Å². The highest BCUT2D eigenvalue weighted by atomic mass is 16.2. The summed E-state index contributed by atoms with van der Waals surface area (Å²) in [5, 5.41) is 2.84. The van der Waals surface area contributed by atoms with Crippen molar-refractivity contribution in [3.05, 3.63) is 59.9 Å². The van der Waals surface area contributed by atoms with E-state index < -0.39 is 0 Å². The smallest absolute Gasteiger partial charge is 0.255 e. The van der Waals surface area contributed by atoms with E-state index in [1.165, 1.54) is 25.7 Å². The van der Waals surface area contributed by atoms with E-state index >= 15 is 0 Å². The molecule has 1 aliphatic carbocycles. The van der Waals surface area contributed by atoms with E-state index in [1.54, 1.807) is 36.7 Å². The lowest BCUT2D eigenvalue weighted by atomic mass is 9.78. The second-order valence-corrected chi connectivity index (χ2v) is 8.46. The molecule has 3 atom stereocenters. The molecule has 6 nitrogen and oxygen atoms in total. The number of nitrogens with zero attached hydrogens (tertiary/aromatic N) is 2. The molecular formula is C24H30N4O2. The van der Waals surface area contributed by atoms with Gasteiger partial charge in [-0.1, -0.05) is 25.0 Å². The Balaban J connectivity index is 1.36. The van der Waals surface area contributed by atoms with Crippen molar-refractivity contribution in [3.63, 3.8) is 0 Å². The molecular weight excluding hydrogens is 376 g/mol. The number of benzene rings is 1. The number of rotatable bonds is 5. The molecule has 0 radical (unpaired) electrons. The number of carbonyl (C=O) groups is 2. The van der Waals surface area contributed by atoms with Gasteiger partial charge in [-0.25, -0.2) is 0 Å². The molecule has 1 saturated heterocycles. The van der Waals surface area contributed by atoms with Gasteiger partial charge in [0.15, 0.2) is 0 Å². The number of likely N-dealkylation sites (tertiary alicyclic amines) is 1. The van der Waals surface area contributed by atoms with Crippen molar-refractivity contribution in [1.82, 2.24) is 9.88 Å². The summed E-state index contributed by atoms with van der Waals surface area (Å²) in [6.07, 6.45) is 10.8. The van der Waals surface area contributed by atoms with E-state index in [4.69, 9.17) is 5.73 Å². The fraction of sp³-hybridized carbons (Fsp3) is 0.458. The van der Waals surface area contributed by atoms with Gasteiger partial charge in [0.1, 0.15) is 0 Å². The molecule has 3 N–H and O–H groups in total. The Morgan fingerprint density at radius 3 is 2.50 bits per heavy atom. The summed E-state index contributed by atoms with van der Waals surface area (Å²) in [6.45, 7) is 0.862. The Bertz CT molecular complexity index is 867. The molecule has 1 aromatic carbocycles. The molecule has 2 aromatic rings. The van der Waals surface area contributed by atoms with Crippen molar-refractivity contribution in [2.75, 3.05) is 11.9 Å². The van der Waals surface area contributed by atoms with E-state index in [0.717, 1.165) is 24.9 Å². The first-order valence-corrected chi connectivity index (χ1v) is 11.0. The van der Waals surface area contributed by atoms with Crippen LogP contribution in [0, 0.1) is 5.92 Å². The number of fused-ring (bicyclic) bond motifs is 1. The molecule has 1 aromatic heterocycles. The first-order chi connectivity index (χ1) is 14.6. The maximum Gasteiger partial charge on any atom is 0.255 e. The zero-order valence-corrected chi connectivity index (χ0v) is 17.3. The van der Waals surface area contributed by atoms with Gasteiger partial charge in [-0.15, -0.1) is 0 Å². The largest absolute Gasteiger partial charge is 0.339 e. The van der Waals surface area contributed by atoms with Gasteiger partial charge < -0.3 is 16.0 Å². The van der Waals surface area contributed by atoms with Crippen molar-refractivity contribution in [2.24, 2.45) is 11.7 Å². The Morgan fingerprint density at radius 2 is 1.73 bits per heavy atom. The van der Waals surface area contributed by atoms with E-state index in [0.29, 0.717) is 29.6 Å². The van der Waals surface area contributed by atoms with Gasteiger partial charge in [-0.2, -0.15) is 0 Å². The monoisotopic (exact) mass is 406 g/mol. The van der Waals surface area contributed by atoms with Crippen LogP contribution in [0.5, 0.6) is 0 Å². The van der Waals surface area contributed by atoms with Crippen LogP contribution >= 0.6 is 0 Å². The summed E-state index contributed by atoms with van der Waals surface area (Å²) in [5.74, 6) is 0.651. The van der Waals surface area contributed by atoms with Crippen LogP contribution in [0.25, 0.3) is 0 Å². The third-order valence-electron chi connectivity index (χ3n) is 6.50. The maximum absolute atomic E-state index is 13.0. The van der Waals surface area contributed by atoms with Gasteiger partial charge in [0, 0.05) is 48.7 Å². The number of carbonyl (C=O) groups excluding carboxylic acids is 2. The standard InChI is InChI=1S/C24H30N4O2/c25-21(16-23(29)28-15-3-5-18-4-1-2-6-22(18)28)17-7-9-19(10-8-17)24(30)27-20-11-13-26-14-12-20/h7-14,18,21-22H,1-6,15-16,25H2,(H,26,27,30). The molecule has 6 heteroatoms. The third-order valence-corrected chi connectivity index (χ3v) is 6.50. The third kappa shape index (κ3) is 4.70. The fourth-order valence-corrected chi connectivity index (χ4v) is 4.88. The van der Waals surface area contributed by atoms with E-state index in [2.05, 4.69) is 15.2 Å². The number of aromatic nitrogens is 1. The van der Waals surface area contributed by atoms with Crippen LogP contribution < -0.4 is 11.1 Å². The van der Waals surface area contributed by atoms with Crippen LogP contribution in [0.4, 0.5) is 5.69 Å². The molecule has 4 rings (SSSR count). The topological polar surface area (TPSA) is 88.3 Å². The summed E-state index contributed by atoms with van der Waals surface area (Å²) < 4.78 is 0. The normalized spacial score (nSPS) is 22.1. The molecule has 2 aliphatic rings. The molecule has 2 amide bonds. The molecule has 3 unspecified atom stereocenters. The highest BCUT2D eigenvalue weighted by Crippen LogP contribution is 2.36. The average Bonchev–Trinajstić information content (AvgIpc) is 2.79. The predicted octanol–water partition coefficient (Wildman–Crippen LogP) is 3.91. The van der Waals surface area contributed by atoms with Crippen LogP contribution in [-0.4, -0.2) is 34.3 Å². The minimum absolute atomic E-state index is 0.165. The second-order valence-electron chi connectivity index (χ2n) is 8.46. The molecule has 158 valence electrons. The van der Waals surface area contributed by atoms with Crippen LogP contribution in [0.2, 0.25) is 0 Å².